The van der Waals surface area contributed by atoms with Gasteiger partial charge in [-0.3, -0.25) is 0 Å². The van der Waals surface area contributed by atoms with Crippen molar-refractivity contribution in [1.29, 1.82) is 0 Å². The highest BCUT2D eigenvalue weighted by molar-refractivity contribution is 6.69. The molecule has 86 valence electrons. The first kappa shape index (κ1) is 11.6. The Labute approximate surface area is 99.3 Å². The van der Waals surface area contributed by atoms with Gasteiger partial charge in [0.05, 0.1) is 6.10 Å². The van der Waals surface area contributed by atoms with Crippen molar-refractivity contribution in [2.75, 3.05) is 0 Å². The largest absolute Gasteiger partial charge is 0.410 e. The summed E-state index contributed by atoms with van der Waals surface area (Å²) in [5.41, 5.74) is 4.00. The van der Waals surface area contributed by atoms with E-state index in [2.05, 4.69) is 56.9 Å². The lowest BCUT2D eigenvalue weighted by atomic mass is 9.94. The summed E-state index contributed by atoms with van der Waals surface area (Å²) in [6, 6.07) is 6.64. The number of rotatable bonds is 2. The minimum Gasteiger partial charge on any atom is -0.410 e. The summed E-state index contributed by atoms with van der Waals surface area (Å²) >= 11 is 0. The number of hydrogen-bond donors (Lipinski definition) is 0. The Morgan fingerprint density at radius 3 is 2.69 bits per heavy atom. The molecule has 0 amide bonds. The van der Waals surface area contributed by atoms with Crippen LogP contribution in [0.15, 0.2) is 24.3 Å². The minimum absolute atomic E-state index is 0.271. The first-order valence-electron chi connectivity index (χ1n) is 5.91. The molecule has 1 nitrogen and oxygen atoms in total. The second kappa shape index (κ2) is 4.19. The van der Waals surface area contributed by atoms with Crippen molar-refractivity contribution in [3.05, 3.63) is 41.0 Å². The maximum Gasteiger partial charge on any atom is 0.184 e. The second-order valence-corrected chi connectivity index (χ2v) is 9.95. The summed E-state index contributed by atoms with van der Waals surface area (Å²) in [7, 11) is -1.46. The van der Waals surface area contributed by atoms with E-state index in [-0.39, 0.29) is 6.10 Å². The van der Waals surface area contributed by atoms with Crippen LogP contribution in [0.1, 0.15) is 29.2 Å². The van der Waals surface area contributed by atoms with E-state index < -0.39 is 8.32 Å². The van der Waals surface area contributed by atoms with Crippen molar-refractivity contribution in [1.82, 2.24) is 0 Å². The fraction of sp³-hybridized carbons (Fsp3) is 0.429. The van der Waals surface area contributed by atoms with E-state index >= 15 is 0 Å². The molecule has 1 atom stereocenters. The van der Waals surface area contributed by atoms with Crippen molar-refractivity contribution >= 4 is 14.4 Å². The highest BCUT2D eigenvalue weighted by atomic mass is 28.4. The van der Waals surface area contributed by atoms with E-state index in [1.54, 1.807) is 0 Å². The normalized spacial score (nSPS) is 19.6. The van der Waals surface area contributed by atoms with Crippen LogP contribution in [-0.2, 0) is 4.43 Å². The predicted molar refractivity (Wildman–Crippen MR) is 72.0 cm³/mol. The minimum atomic E-state index is -1.46. The van der Waals surface area contributed by atoms with Crippen LogP contribution >= 0.6 is 0 Å². The van der Waals surface area contributed by atoms with Gasteiger partial charge < -0.3 is 4.43 Å². The van der Waals surface area contributed by atoms with Crippen LogP contribution < -0.4 is 0 Å². The molecule has 2 rings (SSSR count). The molecule has 0 heterocycles. The van der Waals surface area contributed by atoms with Gasteiger partial charge in [0.15, 0.2) is 8.32 Å². The Hall–Kier alpha value is -0.863. The zero-order chi connectivity index (χ0) is 11.8. The Balaban J connectivity index is 2.30. The predicted octanol–water partition coefficient (Wildman–Crippen LogP) is 4.30. The molecule has 1 aliphatic rings. The van der Waals surface area contributed by atoms with Crippen molar-refractivity contribution in [3.63, 3.8) is 0 Å². The smallest absolute Gasteiger partial charge is 0.184 e. The molecular weight excluding hydrogens is 212 g/mol. The summed E-state index contributed by atoms with van der Waals surface area (Å²) in [6.07, 6.45) is 5.73. The van der Waals surface area contributed by atoms with Gasteiger partial charge in [0.25, 0.3) is 0 Å². The third-order valence-electron chi connectivity index (χ3n) is 2.73. The summed E-state index contributed by atoms with van der Waals surface area (Å²) in [5, 5.41) is 0. The van der Waals surface area contributed by atoms with E-state index in [9.17, 15) is 0 Å². The first-order chi connectivity index (χ1) is 7.46. The Morgan fingerprint density at radius 1 is 1.25 bits per heavy atom. The van der Waals surface area contributed by atoms with Gasteiger partial charge in [-0.15, -0.1) is 0 Å². The highest BCUT2D eigenvalue weighted by Gasteiger charge is 2.24. The molecule has 0 spiro atoms. The molecule has 0 aliphatic heterocycles. The number of aryl methyl sites for hydroxylation is 1. The van der Waals surface area contributed by atoms with E-state index in [0.717, 1.165) is 6.42 Å². The molecular formula is C14H20OSi. The van der Waals surface area contributed by atoms with Crippen LogP contribution in [-0.4, -0.2) is 8.32 Å². The van der Waals surface area contributed by atoms with Gasteiger partial charge in [-0.05, 0) is 44.1 Å². The molecule has 0 radical (unpaired) electrons. The lowest BCUT2D eigenvalue weighted by Crippen LogP contribution is -2.28. The van der Waals surface area contributed by atoms with Gasteiger partial charge >= 0.3 is 0 Å². The summed E-state index contributed by atoms with van der Waals surface area (Å²) < 4.78 is 6.23. The fourth-order valence-electron chi connectivity index (χ4n) is 2.12. The molecule has 0 aromatic heterocycles. The summed E-state index contributed by atoms with van der Waals surface area (Å²) in [4.78, 5) is 0. The van der Waals surface area contributed by atoms with E-state index in [1.165, 1.54) is 16.7 Å². The molecule has 1 aromatic carbocycles. The van der Waals surface area contributed by atoms with Gasteiger partial charge in [-0.2, -0.15) is 0 Å². The maximum atomic E-state index is 6.23. The zero-order valence-corrected chi connectivity index (χ0v) is 11.6. The van der Waals surface area contributed by atoms with E-state index in [4.69, 9.17) is 4.43 Å². The molecule has 2 heteroatoms. The van der Waals surface area contributed by atoms with Crippen LogP contribution in [0.2, 0.25) is 19.6 Å². The highest BCUT2D eigenvalue weighted by Crippen LogP contribution is 2.33. The Morgan fingerprint density at radius 2 is 2.00 bits per heavy atom. The monoisotopic (exact) mass is 232 g/mol. The van der Waals surface area contributed by atoms with Gasteiger partial charge in [-0.25, -0.2) is 0 Å². The number of hydrogen-bond acceptors (Lipinski definition) is 1. The molecule has 0 fully saturated rings. The Kier molecular flexibility index (Phi) is 3.04. The van der Waals surface area contributed by atoms with Crippen LogP contribution in [0.3, 0.4) is 0 Å². The average molecular weight is 232 g/mol. The van der Waals surface area contributed by atoms with Crippen LogP contribution in [0.5, 0.6) is 0 Å². The van der Waals surface area contributed by atoms with Crippen molar-refractivity contribution in [2.24, 2.45) is 0 Å². The van der Waals surface area contributed by atoms with Crippen LogP contribution in [0.4, 0.5) is 0 Å². The molecule has 16 heavy (non-hydrogen) atoms. The number of benzene rings is 1. The standard InChI is InChI=1S/C14H20OSi/c1-11-8-9-13-12(10-11)6-5-7-14(13)15-16(2,3)4/h5-6,8-10,14H,7H2,1-4H3. The van der Waals surface area contributed by atoms with Gasteiger partial charge in [0.1, 0.15) is 0 Å². The molecule has 0 saturated heterocycles. The van der Waals surface area contributed by atoms with Crippen LogP contribution in [0.25, 0.3) is 6.08 Å². The molecule has 1 aromatic rings. The van der Waals surface area contributed by atoms with Crippen molar-refractivity contribution < 1.29 is 4.43 Å². The quantitative estimate of drug-likeness (QED) is 0.691. The van der Waals surface area contributed by atoms with Gasteiger partial charge in [-0.1, -0.05) is 35.9 Å². The van der Waals surface area contributed by atoms with Gasteiger partial charge in [0, 0.05) is 0 Å². The second-order valence-electron chi connectivity index (χ2n) is 5.49. The molecule has 0 bridgehead atoms. The molecule has 1 unspecified atom stereocenters. The van der Waals surface area contributed by atoms with E-state index in [1.807, 2.05) is 0 Å². The third kappa shape index (κ3) is 2.63. The fourth-order valence-corrected chi connectivity index (χ4v) is 3.19. The lowest BCUT2D eigenvalue weighted by Gasteiger charge is -2.29. The van der Waals surface area contributed by atoms with Crippen molar-refractivity contribution in [2.45, 2.75) is 39.1 Å². The molecule has 0 N–H and O–H groups in total. The Bertz CT molecular complexity index is 415. The topological polar surface area (TPSA) is 9.23 Å². The van der Waals surface area contributed by atoms with E-state index in [0.29, 0.717) is 0 Å². The molecule has 0 saturated carbocycles. The van der Waals surface area contributed by atoms with Crippen LogP contribution in [0, 0.1) is 6.92 Å². The zero-order valence-electron chi connectivity index (χ0n) is 10.6. The average Bonchev–Trinajstić information content (AvgIpc) is 2.15. The SMILES string of the molecule is Cc1ccc2c(c1)C=CCC2O[Si](C)(C)C. The lowest BCUT2D eigenvalue weighted by molar-refractivity contribution is 0.200. The maximum absolute atomic E-state index is 6.23. The molecule has 1 aliphatic carbocycles. The summed E-state index contributed by atoms with van der Waals surface area (Å²) in [5.74, 6) is 0. The first-order valence-corrected chi connectivity index (χ1v) is 9.31. The van der Waals surface area contributed by atoms with Crippen molar-refractivity contribution in [3.8, 4) is 0 Å². The number of fused-ring (bicyclic) bond motifs is 1. The summed E-state index contributed by atoms with van der Waals surface area (Å²) in [6.45, 7) is 8.88. The van der Waals surface area contributed by atoms with Gasteiger partial charge in [0.2, 0.25) is 0 Å². The third-order valence-corrected chi connectivity index (χ3v) is 3.72.